The Hall–Kier alpha value is -1.51. The van der Waals surface area contributed by atoms with Gasteiger partial charge >= 0.3 is 0 Å². The number of aromatic hydroxyl groups is 1. The van der Waals surface area contributed by atoms with E-state index in [4.69, 9.17) is 0 Å². The molecule has 3 heteroatoms. The summed E-state index contributed by atoms with van der Waals surface area (Å²) in [5.41, 5.74) is 1.59. The topological polar surface area (TPSA) is 49.3 Å². The number of rotatable bonds is 4. The quantitative estimate of drug-likeness (QED) is 0.570. The van der Waals surface area contributed by atoms with Crippen molar-refractivity contribution in [3.8, 4) is 5.75 Å². The Morgan fingerprint density at radius 2 is 2.29 bits per heavy atom. The molecule has 1 aromatic carbocycles. The van der Waals surface area contributed by atoms with E-state index in [9.17, 15) is 9.90 Å². The third kappa shape index (κ3) is 2.25. The Labute approximate surface area is 83.8 Å². The highest BCUT2D eigenvalue weighted by molar-refractivity contribution is 5.75. The van der Waals surface area contributed by atoms with Gasteiger partial charge in [0.2, 0.25) is 6.41 Å². The molecular weight excluding hydrogens is 178 g/mol. The minimum absolute atomic E-state index is 0.101. The summed E-state index contributed by atoms with van der Waals surface area (Å²) in [5.74, 6) is 0.534. The Morgan fingerprint density at radius 3 is 2.86 bits per heavy atom. The maximum Gasteiger partial charge on any atom is 0.211 e. The van der Waals surface area contributed by atoms with Gasteiger partial charge in [-0.1, -0.05) is 19.9 Å². The number of carbonyl (C=O) groups excluding carboxylic acids is 1. The monoisotopic (exact) mass is 193 g/mol. The van der Waals surface area contributed by atoms with Crippen molar-refractivity contribution >= 4 is 12.1 Å². The number of phenols is 1. The van der Waals surface area contributed by atoms with Gasteiger partial charge in [-0.05, 0) is 30.0 Å². The fourth-order valence-corrected chi connectivity index (χ4v) is 1.27. The molecule has 0 saturated carbocycles. The number of hydrogen-bond donors (Lipinski definition) is 2. The number of anilines is 1. The maximum absolute atomic E-state index is 10.3. The highest BCUT2D eigenvalue weighted by Gasteiger charge is 2.06. The summed E-state index contributed by atoms with van der Waals surface area (Å²) in [6.45, 7) is 4.21. The number of benzene rings is 1. The molecule has 1 unspecified atom stereocenters. The average Bonchev–Trinajstić information content (AvgIpc) is 2.20. The predicted molar refractivity (Wildman–Crippen MR) is 56.5 cm³/mol. The molecule has 1 aromatic rings. The molecule has 0 radical (unpaired) electrons. The lowest BCUT2D eigenvalue weighted by molar-refractivity contribution is -0.105. The molecule has 0 bridgehead atoms. The third-order valence-corrected chi connectivity index (χ3v) is 2.42. The summed E-state index contributed by atoms with van der Waals surface area (Å²) in [6.07, 6.45) is 1.60. The molecule has 76 valence electrons. The van der Waals surface area contributed by atoms with Crippen LogP contribution >= 0.6 is 0 Å². The van der Waals surface area contributed by atoms with Crippen LogP contribution in [0.4, 0.5) is 5.69 Å². The van der Waals surface area contributed by atoms with Crippen molar-refractivity contribution < 1.29 is 9.90 Å². The first-order valence-corrected chi connectivity index (χ1v) is 4.72. The lowest BCUT2D eigenvalue weighted by atomic mass is 9.98. The SMILES string of the molecule is CCC(C)c1ccc(O)c(NC=O)c1. The van der Waals surface area contributed by atoms with Crippen molar-refractivity contribution in [1.29, 1.82) is 0 Å². The van der Waals surface area contributed by atoms with Crippen LogP contribution in [-0.4, -0.2) is 11.5 Å². The number of nitrogens with one attached hydrogen (secondary N) is 1. The number of carbonyl (C=O) groups is 1. The second-order valence-corrected chi connectivity index (χ2v) is 3.35. The third-order valence-electron chi connectivity index (χ3n) is 2.42. The summed E-state index contributed by atoms with van der Waals surface area (Å²) in [7, 11) is 0. The van der Waals surface area contributed by atoms with Gasteiger partial charge in [0.15, 0.2) is 0 Å². The fourth-order valence-electron chi connectivity index (χ4n) is 1.27. The summed E-state index contributed by atoms with van der Waals surface area (Å²) < 4.78 is 0. The van der Waals surface area contributed by atoms with Gasteiger partial charge < -0.3 is 10.4 Å². The lowest BCUT2D eigenvalue weighted by Gasteiger charge is -2.11. The normalized spacial score (nSPS) is 12.1. The highest BCUT2D eigenvalue weighted by atomic mass is 16.3. The molecule has 0 spiro atoms. The Kier molecular flexibility index (Phi) is 3.51. The zero-order chi connectivity index (χ0) is 10.6. The molecule has 14 heavy (non-hydrogen) atoms. The zero-order valence-corrected chi connectivity index (χ0v) is 8.45. The molecule has 0 fully saturated rings. The van der Waals surface area contributed by atoms with Crippen LogP contribution in [0.1, 0.15) is 31.7 Å². The van der Waals surface area contributed by atoms with Crippen LogP contribution in [0.25, 0.3) is 0 Å². The minimum atomic E-state index is 0.101. The lowest BCUT2D eigenvalue weighted by Crippen LogP contribution is -1.97. The van der Waals surface area contributed by atoms with Gasteiger partial charge in [0.25, 0.3) is 0 Å². The van der Waals surface area contributed by atoms with Crippen LogP contribution in [0.5, 0.6) is 5.75 Å². The van der Waals surface area contributed by atoms with Gasteiger partial charge in [-0.25, -0.2) is 0 Å². The molecular formula is C11H15NO2. The molecule has 0 heterocycles. The molecule has 2 N–H and O–H groups in total. The van der Waals surface area contributed by atoms with E-state index in [1.54, 1.807) is 12.1 Å². The molecule has 0 aliphatic heterocycles. The minimum Gasteiger partial charge on any atom is -0.506 e. The Bertz CT molecular complexity index is 323. The smallest absolute Gasteiger partial charge is 0.211 e. The van der Waals surface area contributed by atoms with Crippen LogP contribution < -0.4 is 5.32 Å². The summed E-state index contributed by atoms with van der Waals surface area (Å²) in [6, 6.07) is 5.28. The van der Waals surface area contributed by atoms with E-state index in [1.165, 1.54) is 0 Å². The molecule has 0 aliphatic rings. The molecule has 0 aromatic heterocycles. The van der Waals surface area contributed by atoms with E-state index in [0.29, 0.717) is 18.0 Å². The Morgan fingerprint density at radius 1 is 1.57 bits per heavy atom. The molecule has 3 nitrogen and oxygen atoms in total. The number of hydrogen-bond acceptors (Lipinski definition) is 2. The van der Waals surface area contributed by atoms with Gasteiger partial charge in [-0.3, -0.25) is 4.79 Å². The summed E-state index contributed by atoms with van der Waals surface area (Å²) >= 11 is 0. The predicted octanol–water partition coefficient (Wildman–Crippen LogP) is 2.47. The van der Waals surface area contributed by atoms with Gasteiger partial charge in [0.1, 0.15) is 5.75 Å². The van der Waals surface area contributed by atoms with Crippen LogP contribution in [-0.2, 0) is 4.79 Å². The van der Waals surface area contributed by atoms with Crippen LogP contribution in [0.3, 0.4) is 0 Å². The van der Waals surface area contributed by atoms with Gasteiger partial charge in [0, 0.05) is 0 Å². The molecule has 0 saturated heterocycles. The van der Waals surface area contributed by atoms with Crippen LogP contribution in [0.2, 0.25) is 0 Å². The largest absolute Gasteiger partial charge is 0.506 e. The zero-order valence-electron chi connectivity index (χ0n) is 8.45. The van der Waals surface area contributed by atoms with Gasteiger partial charge in [-0.15, -0.1) is 0 Å². The van der Waals surface area contributed by atoms with Crippen molar-refractivity contribution in [1.82, 2.24) is 0 Å². The summed E-state index contributed by atoms with van der Waals surface area (Å²) in [4.78, 5) is 10.3. The molecule has 0 aliphatic carbocycles. The van der Waals surface area contributed by atoms with Crippen LogP contribution in [0, 0.1) is 0 Å². The van der Waals surface area contributed by atoms with E-state index in [0.717, 1.165) is 12.0 Å². The van der Waals surface area contributed by atoms with Gasteiger partial charge in [-0.2, -0.15) is 0 Å². The van der Waals surface area contributed by atoms with Crippen molar-refractivity contribution in [2.45, 2.75) is 26.2 Å². The first kappa shape index (κ1) is 10.6. The second-order valence-electron chi connectivity index (χ2n) is 3.35. The average molecular weight is 193 g/mol. The molecule has 1 atom stereocenters. The number of amides is 1. The maximum atomic E-state index is 10.3. The van der Waals surface area contributed by atoms with Gasteiger partial charge in [0.05, 0.1) is 5.69 Å². The molecule has 1 rings (SSSR count). The van der Waals surface area contributed by atoms with Crippen molar-refractivity contribution in [2.24, 2.45) is 0 Å². The van der Waals surface area contributed by atoms with Crippen LogP contribution in [0.15, 0.2) is 18.2 Å². The van der Waals surface area contributed by atoms with E-state index < -0.39 is 0 Å². The van der Waals surface area contributed by atoms with E-state index in [2.05, 4.69) is 19.2 Å². The second kappa shape index (κ2) is 4.65. The van der Waals surface area contributed by atoms with Crippen molar-refractivity contribution in [2.75, 3.05) is 5.32 Å². The van der Waals surface area contributed by atoms with E-state index in [-0.39, 0.29) is 5.75 Å². The van der Waals surface area contributed by atoms with E-state index >= 15 is 0 Å². The molecule has 1 amide bonds. The van der Waals surface area contributed by atoms with Crippen molar-refractivity contribution in [3.05, 3.63) is 23.8 Å². The fraction of sp³-hybridized carbons (Fsp3) is 0.364. The standard InChI is InChI=1S/C11H15NO2/c1-3-8(2)9-4-5-11(14)10(6-9)12-7-13/h4-8,14H,3H2,1-2H3,(H,12,13). The number of phenolic OH excluding ortho intramolecular Hbond substituents is 1. The summed E-state index contributed by atoms with van der Waals surface area (Å²) in [5, 5.41) is 11.9. The Balaban J connectivity index is 2.99. The first-order valence-electron chi connectivity index (χ1n) is 4.72. The highest BCUT2D eigenvalue weighted by Crippen LogP contribution is 2.28. The van der Waals surface area contributed by atoms with Crippen molar-refractivity contribution in [3.63, 3.8) is 0 Å². The first-order chi connectivity index (χ1) is 6.69. The van der Waals surface area contributed by atoms with E-state index in [1.807, 2.05) is 6.07 Å².